The van der Waals surface area contributed by atoms with Gasteiger partial charge in [0.1, 0.15) is 0 Å². The molecule has 0 heterocycles. The van der Waals surface area contributed by atoms with Crippen molar-refractivity contribution < 1.29 is 0 Å². The van der Waals surface area contributed by atoms with Gasteiger partial charge in [-0.1, -0.05) is 30.4 Å². The molecule has 0 unspecified atom stereocenters. The van der Waals surface area contributed by atoms with Crippen LogP contribution in [0.2, 0.25) is 0 Å². The van der Waals surface area contributed by atoms with Crippen molar-refractivity contribution in [2.24, 2.45) is 0 Å². The molecular weight excluding hydrogens is 166 g/mol. The van der Waals surface area contributed by atoms with Gasteiger partial charge in [0.15, 0.2) is 0 Å². The van der Waals surface area contributed by atoms with E-state index in [0.29, 0.717) is 6.04 Å². The largest absolute Gasteiger partial charge is 0.336 e. The Morgan fingerprint density at radius 3 is 2.25 bits per heavy atom. The van der Waals surface area contributed by atoms with Gasteiger partial charge in [-0.2, -0.15) is 0 Å². The van der Waals surface area contributed by atoms with Crippen molar-refractivity contribution in [2.75, 3.05) is 4.90 Å². The van der Waals surface area contributed by atoms with E-state index in [4.69, 9.17) is 12.2 Å². The summed E-state index contributed by atoms with van der Waals surface area (Å²) < 4.78 is 0. The summed E-state index contributed by atoms with van der Waals surface area (Å²) in [7, 11) is 0. The highest BCUT2D eigenvalue weighted by atomic mass is 32.1. The number of hydrogen-bond donors (Lipinski definition) is 0. The van der Waals surface area contributed by atoms with Gasteiger partial charge in [0, 0.05) is 11.7 Å². The molecule has 0 radical (unpaired) electrons. The fourth-order valence-corrected chi connectivity index (χ4v) is 1.45. The predicted octanol–water partition coefficient (Wildman–Crippen LogP) is 2.86. The molecule has 1 rings (SSSR count). The molecule has 64 valence electrons. The molecule has 1 aromatic carbocycles. The van der Waals surface area contributed by atoms with Crippen LogP contribution in [0.4, 0.5) is 5.69 Å². The Bertz CT molecular complexity index is 243. The van der Waals surface area contributed by atoms with E-state index in [1.807, 2.05) is 18.2 Å². The highest BCUT2D eigenvalue weighted by Crippen LogP contribution is 2.13. The highest BCUT2D eigenvalue weighted by Gasteiger charge is 2.05. The minimum absolute atomic E-state index is 0.421. The molecule has 0 saturated carbocycles. The maximum Gasteiger partial charge on any atom is 0.0687 e. The molecule has 0 atom stereocenters. The number of nitrogens with zero attached hydrogens (tertiary/aromatic N) is 1. The van der Waals surface area contributed by atoms with E-state index in [0.717, 1.165) is 5.69 Å². The molecule has 0 aliphatic heterocycles. The fraction of sp³-hybridized carbons (Fsp3) is 0.300. The second-order valence-electron chi connectivity index (χ2n) is 2.94. The second-order valence-corrected chi connectivity index (χ2v) is 3.15. The number of rotatable bonds is 3. The fourth-order valence-electron chi connectivity index (χ4n) is 1.08. The van der Waals surface area contributed by atoms with Gasteiger partial charge < -0.3 is 4.90 Å². The molecule has 1 aromatic rings. The summed E-state index contributed by atoms with van der Waals surface area (Å²) in [6, 6.07) is 10.6. The normalized spacial score (nSPS) is 9.92. The minimum Gasteiger partial charge on any atom is -0.336 e. The van der Waals surface area contributed by atoms with Crippen molar-refractivity contribution in [1.82, 2.24) is 0 Å². The van der Waals surface area contributed by atoms with Gasteiger partial charge in [0.25, 0.3) is 0 Å². The SMILES string of the molecule is CC(C)N(C=S)c1ccccc1. The Morgan fingerprint density at radius 1 is 1.25 bits per heavy atom. The van der Waals surface area contributed by atoms with Gasteiger partial charge >= 0.3 is 0 Å². The summed E-state index contributed by atoms with van der Waals surface area (Å²) in [5.41, 5.74) is 2.85. The van der Waals surface area contributed by atoms with Crippen LogP contribution in [-0.4, -0.2) is 11.5 Å². The molecule has 1 nitrogen and oxygen atoms in total. The zero-order valence-corrected chi connectivity index (χ0v) is 8.21. The van der Waals surface area contributed by atoms with Gasteiger partial charge in [-0.3, -0.25) is 0 Å². The zero-order chi connectivity index (χ0) is 8.97. The third-order valence-electron chi connectivity index (χ3n) is 1.72. The molecule has 0 amide bonds. The smallest absolute Gasteiger partial charge is 0.0687 e. The standard InChI is InChI=1S/C10H13NS/c1-9(2)11(8-12)10-6-4-3-5-7-10/h3-9H,1-2H3. The molecule has 0 aliphatic rings. The summed E-state index contributed by atoms with van der Waals surface area (Å²) in [6.07, 6.45) is 0. The highest BCUT2D eigenvalue weighted by molar-refractivity contribution is 7.79. The van der Waals surface area contributed by atoms with Gasteiger partial charge in [-0.15, -0.1) is 0 Å². The molecular formula is C10H13NS. The van der Waals surface area contributed by atoms with Crippen molar-refractivity contribution in [3.63, 3.8) is 0 Å². The van der Waals surface area contributed by atoms with Crippen LogP contribution in [0.5, 0.6) is 0 Å². The number of thiocarbonyl (C=S) groups is 1. The Hall–Kier alpha value is -0.890. The minimum atomic E-state index is 0.421. The topological polar surface area (TPSA) is 3.24 Å². The van der Waals surface area contributed by atoms with Crippen LogP contribution < -0.4 is 4.90 Å². The Labute approximate surface area is 79.0 Å². The van der Waals surface area contributed by atoms with E-state index in [1.165, 1.54) is 0 Å². The molecule has 2 heteroatoms. The molecule has 0 spiro atoms. The van der Waals surface area contributed by atoms with E-state index >= 15 is 0 Å². The third-order valence-corrected chi connectivity index (χ3v) is 1.95. The van der Waals surface area contributed by atoms with Crippen LogP contribution in [-0.2, 0) is 0 Å². The lowest BCUT2D eigenvalue weighted by Crippen LogP contribution is -2.27. The first-order valence-corrected chi connectivity index (χ1v) is 4.51. The molecule has 0 fully saturated rings. The van der Waals surface area contributed by atoms with Crippen molar-refractivity contribution >= 4 is 23.4 Å². The summed E-state index contributed by atoms with van der Waals surface area (Å²) >= 11 is 4.93. The van der Waals surface area contributed by atoms with Crippen LogP contribution in [0.3, 0.4) is 0 Å². The van der Waals surface area contributed by atoms with E-state index in [2.05, 4.69) is 30.9 Å². The average molecular weight is 179 g/mol. The molecule has 0 saturated heterocycles. The average Bonchev–Trinajstić information content (AvgIpc) is 2.07. The van der Waals surface area contributed by atoms with Crippen molar-refractivity contribution in [1.29, 1.82) is 0 Å². The van der Waals surface area contributed by atoms with E-state index in [9.17, 15) is 0 Å². The number of anilines is 1. The number of hydrogen-bond acceptors (Lipinski definition) is 1. The quantitative estimate of drug-likeness (QED) is 0.656. The molecule has 0 aromatic heterocycles. The first-order chi connectivity index (χ1) is 5.75. The molecule has 0 N–H and O–H groups in total. The third kappa shape index (κ3) is 2.05. The van der Waals surface area contributed by atoms with Crippen LogP contribution in [0.15, 0.2) is 30.3 Å². The molecule has 0 aliphatic carbocycles. The van der Waals surface area contributed by atoms with Crippen LogP contribution in [0.25, 0.3) is 0 Å². The van der Waals surface area contributed by atoms with Crippen molar-refractivity contribution in [3.05, 3.63) is 30.3 Å². The zero-order valence-electron chi connectivity index (χ0n) is 7.40. The van der Waals surface area contributed by atoms with E-state index in [-0.39, 0.29) is 0 Å². The predicted molar refractivity (Wildman–Crippen MR) is 57.7 cm³/mol. The monoisotopic (exact) mass is 179 g/mol. The van der Waals surface area contributed by atoms with Crippen molar-refractivity contribution in [2.45, 2.75) is 19.9 Å². The van der Waals surface area contributed by atoms with Crippen LogP contribution in [0.1, 0.15) is 13.8 Å². The van der Waals surface area contributed by atoms with E-state index < -0.39 is 0 Å². The maximum absolute atomic E-state index is 4.93. The second kappa shape index (κ2) is 4.21. The Kier molecular flexibility index (Phi) is 3.23. The molecule has 0 bridgehead atoms. The summed E-state index contributed by atoms with van der Waals surface area (Å²) in [4.78, 5) is 2.06. The maximum atomic E-state index is 4.93. The van der Waals surface area contributed by atoms with Crippen LogP contribution >= 0.6 is 12.2 Å². The van der Waals surface area contributed by atoms with Gasteiger partial charge in [-0.05, 0) is 26.0 Å². The lowest BCUT2D eigenvalue weighted by atomic mass is 10.2. The van der Waals surface area contributed by atoms with Gasteiger partial charge in [0.05, 0.1) is 5.49 Å². The lowest BCUT2D eigenvalue weighted by molar-refractivity contribution is 0.820. The summed E-state index contributed by atoms with van der Waals surface area (Å²) in [5, 5.41) is 0. The van der Waals surface area contributed by atoms with Gasteiger partial charge in [0.2, 0.25) is 0 Å². The lowest BCUT2D eigenvalue weighted by Gasteiger charge is -2.23. The van der Waals surface area contributed by atoms with Crippen molar-refractivity contribution in [3.8, 4) is 0 Å². The summed E-state index contributed by atoms with van der Waals surface area (Å²) in [5.74, 6) is 0. The first-order valence-electron chi connectivity index (χ1n) is 4.04. The number of benzene rings is 1. The Balaban J connectivity index is 2.88. The molecule has 12 heavy (non-hydrogen) atoms. The van der Waals surface area contributed by atoms with E-state index in [1.54, 1.807) is 5.49 Å². The Morgan fingerprint density at radius 2 is 1.83 bits per heavy atom. The number of para-hydroxylation sites is 1. The van der Waals surface area contributed by atoms with Gasteiger partial charge in [-0.25, -0.2) is 0 Å². The summed E-state index contributed by atoms with van der Waals surface area (Å²) in [6.45, 7) is 4.24. The first kappa shape index (κ1) is 9.20. The van der Waals surface area contributed by atoms with Crippen LogP contribution in [0, 0.1) is 0 Å².